The third-order valence-corrected chi connectivity index (χ3v) is 5.13. The van der Waals surface area contributed by atoms with Gasteiger partial charge in [0.05, 0.1) is 13.2 Å². The number of hydrogen-bond donors (Lipinski definition) is 0. The summed E-state index contributed by atoms with van der Waals surface area (Å²) in [6, 6.07) is 2.06. The maximum absolute atomic E-state index is 12.4. The number of anilines is 1. The molecule has 0 aromatic carbocycles. The quantitative estimate of drug-likeness (QED) is 0.823. The maximum atomic E-state index is 12.4. The Balaban J connectivity index is 1.38. The number of carbonyl (C=O) groups excluding carboxylic acids is 1. The zero-order chi connectivity index (χ0) is 17.2. The molecule has 25 heavy (non-hydrogen) atoms. The van der Waals surface area contributed by atoms with Crippen LogP contribution >= 0.6 is 0 Å². The van der Waals surface area contributed by atoms with E-state index in [1.54, 1.807) is 10.8 Å². The second-order valence-electron chi connectivity index (χ2n) is 6.86. The van der Waals surface area contributed by atoms with Gasteiger partial charge in [-0.1, -0.05) is 0 Å². The minimum absolute atomic E-state index is 0.278. The highest BCUT2D eigenvalue weighted by molar-refractivity contribution is 5.76. The summed E-state index contributed by atoms with van der Waals surface area (Å²) in [5.41, 5.74) is 0.945. The molecule has 2 aromatic heterocycles. The van der Waals surface area contributed by atoms with Crippen molar-refractivity contribution in [2.24, 2.45) is 5.92 Å². The van der Waals surface area contributed by atoms with Gasteiger partial charge >= 0.3 is 0 Å². The lowest BCUT2D eigenvalue weighted by Gasteiger charge is -2.34. The van der Waals surface area contributed by atoms with Crippen molar-refractivity contribution in [3.05, 3.63) is 18.1 Å². The molecule has 134 valence electrons. The van der Waals surface area contributed by atoms with E-state index in [0.717, 1.165) is 50.5 Å². The van der Waals surface area contributed by atoms with Gasteiger partial charge in [-0.05, 0) is 25.7 Å². The van der Waals surface area contributed by atoms with E-state index in [1.807, 2.05) is 11.8 Å². The van der Waals surface area contributed by atoms with Gasteiger partial charge in [-0.2, -0.15) is 14.6 Å². The molecule has 4 rings (SSSR count). The molecule has 2 fully saturated rings. The molecule has 0 aliphatic carbocycles. The number of carbonyl (C=O) groups is 1. The standard InChI is InChI=1S/C17H24N6O2/c1-13-10-15(23-17(20-13)18-12-19-23)21-4-2-14(3-5-21)11-16(24)22-6-8-25-9-7-22/h10,12,14H,2-9,11H2,1H3. The van der Waals surface area contributed by atoms with Crippen LogP contribution in [-0.2, 0) is 9.53 Å². The lowest BCUT2D eigenvalue weighted by Crippen LogP contribution is -2.42. The molecule has 4 heterocycles. The predicted molar refractivity (Wildman–Crippen MR) is 92.5 cm³/mol. The minimum Gasteiger partial charge on any atom is -0.378 e. The van der Waals surface area contributed by atoms with Crippen molar-refractivity contribution in [3.8, 4) is 0 Å². The number of fused-ring (bicyclic) bond motifs is 1. The fraction of sp³-hybridized carbons (Fsp3) is 0.647. The van der Waals surface area contributed by atoms with Gasteiger partial charge in [-0.15, -0.1) is 0 Å². The van der Waals surface area contributed by atoms with Gasteiger partial charge in [0, 0.05) is 44.4 Å². The number of nitrogens with zero attached hydrogens (tertiary/aromatic N) is 6. The van der Waals surface area contributed by atoms with Gasteiger partial charge in [-0.3, -0.25) is 4.79 Å². The van der Waals surface area contributed by atoms with Crippen molar-refractivity contribution in [2.75, 3.05) is 44.3 Å². The van der Waals surface area contributed by atoms with E-state index < -0.39 is 0 Å². The van der Waals surface area contributed by atoms with Crippen molar-refractivity contribution in [3.63, 3.8) is 0 Å². The first kappa shape index (κ1) is 16.3. The molecule has 8 heteroatoms. The van der Waals surface area contributed by atoms with Gasteiger partial charge in [0.1, 0.15) is 12.1 Å². The topological polar surface area (TPSA) is 75.9 Å². The van der Waals surface area contributed by atoms with E-state index in [9.17, 15) is 4.79 Å². The van der Waals surface area contributed by atoms with Crippen LogP contribution in [-0.4, -0.2) is 69.8 Å². The van der Waals surface area contributed by atoms with Gasteiger partial charge in [0.2, 0.25) is 5.91 Å². The molecule has 0 atom stereocenters. The average Bonchev–Trinajstić information content (AvgIpc) is 3.11. The van der Waals surface area contributed by atoms with E-state index in [1.165, 1.54) is 0 Å². The zero-order valence-corrected chi connectivity index (χ0v) is 14.6. The van der Waals surface area contributed by atoms with Crippen LogP contribution < -0.4 is 4.90 Å². The molecule has 2 saturated heterocycles. The molecular weight excluding hydrogens is 320 g/mol. The maximum Gasteiger partial charge on any atom is 0.254 e. The predicted octanol–water partition coefficient (Wildman–Crippen LogP) is 0.898. The Labute approximate surface area is 146 Å². The van der Waals surface area contributed by atoms with Crippen LogP contribution in [0, 0.1) is 12.8 Å². The Morgan fingerprint density at radius 2 is 2.00 bits per heavy atom. The molecule has 0 radical (unpaired) electrons. The van der Waals surface area contributed by atoms with Crippen LogP contribution in [0.2, 0.25) is 0 Å². The van der Waals surface area contributed by atoms with Crippen molar-refractivity contribution >= 4 is 17.5 Å². The average molecular weight is 344 g/mol. The highest BCUT2D eigenvalue weighted by Crippen LogP contribution is 2.26. The van der Waals surface area contributed by atoms with Crippen molar-refractivity contribution in [2.45, 2.75) is 26.2 Å². The van der Waals surface area contributed by atoms with E-state index in [4.69, 9.17) is 4.74 Å². The van der Waals surface area contributed by atoms with Gasteiger partial charge in [-0.25, -0.2) is 4.98 Å². The number of piperidine rings is 1. The smallest absolute Gasteiger partial charge is 0.254 e. The first-order chi connectivity index (χ1) is 12.2. The SMILES string of the molecule is Cc1cc(N2CCC(CC(=O)N3CCOCC3)CC2)n2ncnc2n1. The molecule has 0 bridgehead atoms. The lowest BCUT2D eigenvalue weighted by atomic mass is 9.93. The van der Waals surface area contributed by atoms with Crippen LogP contribution in [0.4, 0.5) is 5.82 Å². The molecule has 2 aromatic rings. The molecule has 2 aliphatic rings. The molecule has 8 nitrogen and oxygen atoms in total. The van der Waals surface area contributed by atoms with Crippen LogP contribution in [0.5, 0.6) is 0 Å². The van der Waals surface area contributed by atoms with E-state index in [0.29, 0.717) is 31.3 Å². The number of amides is 1. The number of ether oxygens (including phenoxy) is 1. The molecule has 2 aliphatic heterocycles. The zero-order valence-electron chi connectivity index (χ0n) is 14.6. The first-order valence-electron chi connectivity index (χ1n) is 8.98. The Hall–Kier alpha value is -2.22. The Morgan fingerprint density at radius 1 is 1.24 bits per heavy atom. The number of aromatic nitrogens is 4. The van der Waals surface area contributed by atoms with Crippen LogP contribution in [0.25, 0.3) is 5.78 Å². The van der Waals surface area contributed by atoms with Crippen molar-refractivity contribution in [1.29, 1.82) is 0 Å². The van der Waals surface area contributed by atoms with Crippen molar-refractivity contribution in [1.82, 2.24) is 24.5 Å². The van der Waals surface area contributed by atoms with Crippen LogP contribution in [0.1, 0.15) is 25.0 Å². The monoisotopic (exact) mass is 344 g/mol. The highest BCUT2D eigenvalue weighted by atomic mass is 16.5. The Morgan fingerprint density at radius 3 is 2.76 bits per heavy atom. The summed E-state index contributed by atoms with van der Waals surface area (Å²) in [4.78, 5) is 25.3. The number of hydrogen-bond acceptors (Lipinski definition) is 6. The summed E-state index contributed by atoms with van der Waals surface area (Å²) in [5, 5.41) is 4.29. The van der Waals surface area contributed by atoms with Crippen LogP contribution in [0.3, 0.4) is 0 Å². The van der Waals surface area contributed by atoms with Gasteiger partial charge < -0.3 is 14.5 Å². The lowest BCUT2D eigenvalue weighted by molar-refractivity contribution is -0.136. The fourth-order valence-corrected chi connectivity index (χ4v) is 3.69. The second kappa shape index (κ2) is 6.95. The number of rotatable bonds is 3. The molecule has 0 unspecified atom stereocenters. The van der Waals surface area contributed by atoms with Gasteiger partial charge in [0.25, 0.3) is 5.78 Å². The first-order valence-corrected chi connectivity index (χ1v) is 8.98. The Bertz CT molecular complexity index is 747. The molecule has 0 saturated carbocycles. The number of aryl methyl sites for hydroxylation is 1. The molecule has 0 N–H and O–H groups in total. The summed E-state index contributed by atoms with van der Waals surface area (Å²) in [5.74, 6) is 2.42. The molecule has 0 spiro atoms. The third-order valence-electron chi connectivity index (χ3n) is 5.13. The molecule has 1 amide bonds. The van der Waals surface area contributed by atoms with E-state index in [-0.39, 0.29) is 5.91 Å². The van der Waals surface area contributed by atoms with Crippen LogP contribution in [0.15, 0.2) is 12.4 Å². The second-order valence-corrected chi connectivity index (χ2v) is 6.86. The minimum atomic E-state index is 0.278. The van der Waals surface area contributed by atoms with E-state index in [2.05, 4.69) is 26.0 Å². The van der Waals surface area contributed by atoms with Gasteiger partial charge in [0.15, 0.2) is 0 Å². The van der Waals surface area contributed by atoms with E-state index >= 15 is 0 Å². The molecular formula is C17H24N6O2. The summed E-state index contributed by atoms with van der Waals surface area (Å²) in [7, 11) is 0. The number of morpholine rings is 1. The largest absolute Gasteiger partial charge is 0.378 e. The third kappa shape index (κ3) is 3.44. The summed E-state index contributed by atoms with van der Waals surface area (Å²) >= 11 is 0. The summed E-state index contributed by atoms with van der Waals surface area (Å²) in [6.45, 7) is 6.64. The highest BCUT2D eigenvalue weighted by Gasteiger charge is 2.26. The Kier molecular flexibility index (Phi) is 4.52. The fourth-order valence-electron chi connectivity index (χ4n) is 3.69. The van der Waals surface area contributed by atoms with Crippen molar-refractivity contribution < 1.29 is 9.53 Å². The summed E-state index contributed by atoms with van der Waals surface area (Å²) in [6.07, 6.45) is 4.24. The summed E-state index contributed by atoms with van der Waals surface area (Å²) < 4.78 is 7.12. The normalized spacial score (nSPS) is 19.6.